The van der Waals surface area contributed by atoms with Gasteiger partial charge in [-0.1, -0.05) is 27.7 Å². The number of hydrogen-bond acceptors (Lipinski definition) is 2. The Kier molecular flexibility index (Phi) is 5.64. The molecule has 3 heteroatoms. The number of carbonyl (C=O) groups excluding carboxylic acids is 1. The van der Waals surface area contributed by atoms with E-state index in [-0.39, 0.29) is 23.4 Å². The van der Waals surface area contributed by atoms with E-state index in [9.17, 15) is 4.79 Å². The highest BCUT2D eigenvalue weighted by Gasteiger charge is 2.33. The Bertz CT molecular complexity index is 265. The van der Waals surface area contributed by atoms with E-state index in [1.807, 2.05) is 0 Å². The van der Waals surface area contributed by atoms with Crippen molar-refractivity contribution in [2.45, 2.75) is 77.8 Å². The summed E-state index contributed by atoms with van der Waals surface area (Å²) in [5.74, 6) is 0.886. The standard InChI is InChI=1S/C15H30N2O/c1-5-15(6-2,7-3)17-14(18)12-8-9-13(16)11(4)10-12/h11-13H,5-10,16H2,1-4H3,(H,17,18). The van der Waals surface area contributed by atoms with Crippen LogP contribution in [0.4, 0.5) is 0 Å². The Morgan fingerprint density at radius 1 is 1.22 bits per heavy atom. The summed E-state index contributed by atoms with van der Waals surface area (Å²) in [5, 5.41) is 3.30. The SMILES string of the molecule is CCC(CC)(CC)NC(=O)C1CCC(N)C(C)C1. The second kappa shape index (κ2) is 6.55. The van der Waals surface area contributed by atoms with E-state index in [4.69, 9.17) is 5.73 Å². The second-order valence-corrected chi connectivity index (χ2v) is 5.98. The van der Waals surface area contributed by atoms with E-state index in [0.717, 1.165) is 38.5 Å². The lowest BCUT2D eigenvalue weighted by Crippen LogP contribution is -2.50. The van der Waals surface area contributed by atoms with Gasteiger partial charge in [-0.25, -0.2) is 0 Å². The second-order valence-electron chi connectivity index (χ2n) is 5.98. The van der Waals surface area contributed by atoms with E-state index in [0.29, 0.717) is 5.92 Å². The molecule has 0 spiro atoms. The van der Waals surface area contributed by atoms with Crippen molar-refractivity contribution in [3.63, 3.8) is 0 Å². The maximum absolute atomic E-state index is 12.4. The van der Waals surface area contributed by atoms with Crippen molar-refractivity contribution in [3.05, 3.63) is 0 Å². The zero-order chi connectivity index (χ0) is 13.8. The maximum Gasteiger partial charge on any atom is 0.223 e. The van der Waals surface area contributed by atoms with Crippen LogP contribution in [0.25, 0.3) is 0 Å². The monoisotopic (exact) mass is 254 g/mol. The number of nitrogens with one attached hydrogen (secondary N) is 1. The van der Waals surface area contributed by atoms with Crippen LogP contribution in [0, 0.1) is 11.8 Å². The lowest BCUT2D eigenvalue weighted by atomic mass is 9.78. The zero-order valence-electron chi connectivity index (χ0n) is 12.5. The Balaban J connectivity index is 2.60. The number of amides is 1. The summed E-state index contributed by atoms with van der Waals surface area (Å²) in [7, 11) is 0. The smallest absolute Gasteiger partial charge is 0.223 e. The summed E-state index contributed by atoms with van der Waals surface area (Å²) in [5.41, 5.74) is 6.01. The van der Waals surface area contributed by atoms with E-state index in [2.05, 4.69) is 33.0 Å². The van der Waals surface area contributed by atoms with Gasteiger partial charge < -0.3 is 11.1 Å². The summed E-state index contributed by atoms with van der Waals surface area (Å²) in [6, 6.07) is 0.280. The first-order valence-electron chi connectivity index (χ1n) is 7.55. The number of rotatable bonds is 5. The van der Waals surface area contributed by atoms with Crippen LogP contribution in [0.15, 0.2) is 0 Å². The molecule has 0 saturated heterocycles. The van der Waals surface area contributed by atoms with Gasteiger partial charge in [0.25, 0.3) is 0 Å². The molecule has 1 rings (SSSR count). The Morgan fingerprint density at radius 3 is 2.22 bits per heavy atom. The molecule has 106 valence electrons. The van der Waals surface area contributed by atoms with Gasteiger partial charge >= 0.3 is 0 Å². The van der Waals surface area contributed by atoms with Gasteiger partial charge in [-0.15, -0.1) is 0 Å². The number of hydrogen-bond donors (Lipinski definition) is 2. The maximum atomic E-state index is 12.4. The van der Waals surface area contributed by atoms with Crippen molar-refractivity contribution in [2.75, 3.05) is 0 Å². The van der Waals surface area contributed by atoms with Gasteiger partial charge in [0.2, 0.25) is 5.91 Å². The number of carbonyl (C=O) groups is 1. The van der Waals surface area contributed by atoms with Crippen LogP contribution in [0.1, 0.15) is 66.2 Å². The lowest BCUT2D eigenvalue weighted by molar-refractivity contribution is -0.128. The molecule has 1 amide bonds. The van der Waals surface area contributed by atoms with Gasteiger partial charge in [0.15, 0.2) is 0 Å². The van der Waals surface area contributed by atoms with Crippen molar-refractivity contribution >= 4 is 5.91 Å². The average molecular weight is 254 g/mol. The third-order valence-corrected chi connectivity index (χ3v) is 5.03. The van der Waals surface area contributed by atoms with Crippen LogP contribution in [-0.4, -0.2) is 17.5 Å². The van der Waals surface area contributed by atoms with Gasteiger partial charge in [0, 0.05) is 17.5 Å². The predicted molar refractivity (Wildman–Crippen MR) is 76.2 cm³/mol. The van der Waals surface area contributed by atoms with Crippen molar-refractivity contribution in [2.24, 2.45) is 17.6 Å². The third kappa shape index (κ3) is 3.47. The Labute approximate surface area is 112 Å². The van der Waals surface area contributed by atoms with Crippen molar-refractivity contribution in [1.29, 1.82) is 0 Å². The fraction of sp³-hybridized carbons (Fsp3) is 0.933. The molecule has 1 fully saturated rings. The molecule has 0 aliphatic heterocycles. The molecule has 0 aromatic rings. The van der Waals surface area contributed by atoms with E-state index in [1.165, 1.54) is 0 Å². The molecule has 3 nitrogen and oxygen atoms in total. The highest BCUT2D eigenvalue weighted by Crippen LogP contribution is 2.29. The molecule has 0 aromatic carbocycles. The molecule has 3 unspecified atom stereocenters. The first-order valence-corrected chi connectivity index (χ1v) is 7.55. The summed E-state index contributed by atoms with van der Waals surface area (Å²) in [6.07, 6.45) is 5.90. The summed E-state index contributed by atoms with van der Waals surface area (Å²) in [4.78, 5) is 12.4. The Hall–Kier alpha value is -0.570. The molecule has 0 bridgehead atoms. The summed E-state index contributed by atoms with van der Waals surface area (Å²) < 4.78 is 0. The van der Waals surface area contributed by atoms with Crippen LogP contribution < -0.4 is 11.1 Å². The summed E-state index contributed by atoms with van der Waals surface area (Å²) >= 11 is 0. The molecule has 1 aliphatic carbocycles. The molecular formula is C15H30N2O. The topological polar surface area (TPSA) is 55.1 Å². The lowest BCUT2D eigenvalue weighted by Gasteiger charge is -2.36. The third-order valence-electron chi connectivity index (χ3n) is 5.03. The van der Waals surface area contributed by atoms with E-state index < -0.39 is 0 Å². The highest BCUT2D eigenvalue weighted by atomic mass is 16.2. The first kappa shape index (κ1) is 15.5. The molecule has 3 atom stereocenters. The van der Waals surface area contributed by atoms with Crippen molar-refractivity contribution in [3.8, 4) is 0 Å². The molecule has 0 heterocycles. The minimum atomic E-state index is -0.000114. The van der Waals surface area contributed by atoms with Crippen LogP contribution >= 0.6 is 0 Å². The molecule has 1 saturated carbocycles. The van der Waals surface area contributed by atoms with Crippen LogP contribution in [-0.2, 0) is 4.79 Å². The fourth-order valence-corrected chi connectivity index (χ4v) is 3.04. The minimum Gasteiger partial charge on any atom is -0.350 e. The van der Waals surface area contributed by atoms with E-state index >= 15 is 0 Å². The largest absolute Gasteiger partial charge is 0.350 e. The Morgan fingerprint density at radius 2 is 1.78 bits per heavy atom. The van der Waals surface area contributed by atoms with Crippen LogP contribution in [0.2, 0.25) is 0 Å². The first-order chi connectivity index (χ1) is 8.48. The van der Waals surface area contributed by atoms with Crippen LogP contribution in [0.5, 0.6) is 0 Å². The van der Waals surface area contributed by atoms with Gasteiger partial charge in [0.05, 0.1) is 0 Å². The van der Waals surface area contributed by atoms with E-state index in [1.54, 1.807) is 0 Å². The van der Waals surface area contributed by atoms with Crippen LogP contribution in [0.3, 0.4) is 0 Å². The summed E-state index contributed by atoms with van der Waals surface area (Å²) in [6.45, 7) is 8.64. The van der Waals surface area contributed by atoms with Crippen molar-refractivity contribution < 1.29 is 4.79 Å². The number of nitrogens with two attached hydrogens (primary N) is 1. The normalized spacial score (nSPS) is 29.1. The van der Waals surface area contributed by atoms with Gasteiger partial charge in [-0.2, -0.15) is 0 Å². The molecule has 0 radical (unpaired) electrons. The molecule has 1 aliphatic rings. The molecular weight excluding hydrogens is 224 g/mol. The molecule has 18 heavy (non-hydrogen) atoms. The predicted octanol–water partition coefficient (Wildman–Crippen LogP) is 2.83. The van der Waals surface area contributed by atoms with Gasteiger partial charge in [-0.3, -0.25) is 4.79 Å². The van der Waals surface area contributed by atoms with Crippen molar-refractivity contribution in [1.82, 2.24) is 5.32 Å². The van der Waals surface area contributed by atoms with Gasteiger partial charge in [-0.05, 0) is 44.4 Å². The average Bonchev–Trinajstić information content (AvgIpc) is 2.39. The van der Waals surface area contributed by atoms with Gasteiger partial charge in [0.1, 0.15) is 0 Å². The zero-order valence-corrected chi connectivity index (χ0v) is 12.5. The quantitative estimate of drug-likeness (QED) is 0.792. The molecule has 3 N–H and O–H groups in total. The fourth-order valence-electron chi connectivity index (χ4n) is 3.04. The highest BCUT2D eigenvalue weighted by molar-refractivity contribution is 5.79. The minimum absolute atomic E-state index is 0.000114. The molecule has 0 aromatic heterocycles.